The Labute approximate surface area is 170 Å². The van der Waals surface area contributed by atoms with Crippen LogP contribution in [0.25, 0.3) is 0 Å². The maximum Gasteiger partial charge on any atom is 0.217 e. The van der Waals surface area contributed by atoms with Crippen LogP contribution in [0.4, 0.5) is 0 Å². The standard InChI is InChI=1S/C22H37N5O/c1-4-24-22(27-14-8-11-20(17-27)15-21(23)28)25-13-12-18(2)26(3)16-19-9-6-5-7-10-19/h5-7,9-10,18,20H,4,8,11-17H2,1-3H3,(H2,23,28)(H,24,25). The van der Waals surface area contributed by atoms with Gasteiger partial charge in [-0.3, -0.25) is 14.7 Å². The van der Waals surface area contributed by atoms with E-state index >= 15 is 0 Å². The Balaban J connectivity index is 1.86. The second-order valence-electron chi connectivity index (χ2n) is 7.90. The summed E-state index contributed by atoms with van der Waals surface area (Å²) in [7, 11) is 2.17. The number of rotatable bonds is 9. The lowest BCUT2D eigenvalue weighted by Crippen LogP contribution is -2.47. The molecule has 1 amide bonds. The Kier molecular flexibility index (Phi) is 9.28. The largest absolute Gasteiger partial charge is 0.370 e. The number of amides is 1. The number of likely N-dealkylation sites (tertiary alicyclic amines) is 1. The molecule has 2 atom stereocenters. The molecule has 1 aromatic carbocycles. The van der Waals surface area contributed by atoms with Crippen molar-refractivity contribution in [3.05, 3.63) is 35.9 Å². The quantitative estimate of drug-likeness (QED) is 0.504. The van der Waals surface area contributed by atoms with E-state index in [1.807, 2.05) is 0 Å². The van der Waals surface area contributed by atoms with E-state index in [4.69, 9.17) is 10.7 Å². The number of nitrogens with one attached hydrogen (secondary N) is 1. The normalized spacial score (nSPS) is 18.9. The summed E-state index contributed by atoms with van der Waals surface area (Å²) in [5, 5.41) is 3.42. The molecule has 28 heavy (non-hydrogen) atoms. The van der Waals surface area contributed by atoms with Crippen LogP contribution >= 0.6 is 0 Å². The van der Waals surface area contributed by atoms with Gasteiger partial charge in [-0.15, -0.1) is 0 Å². The van der Waals surface area contributed by atoms with Crippen LogP contribution in [0.2, 0.25) is 0 Å². The minimum atomic E-state index is -0.205. The highest BCUT2D eigenvalue weighted by Gasteiger charge is 2.23. The first-order valence-corrected chi connectivity index (χ1v) is 10.5. The van der Waals surface area contributed by atoms with E-state index in [1.165, 1.54) is 5.56 Å². The summed E-state index contributed by atoms with van der Waals surface area (Å²) in [6, 6.07) is 11.0. The number of aliphatic imine (C=N–C) groups is 1. The smallest absolute Gasteiger partial charge is 0.217 e. The molecule has 6 nitrogen and oxygen atoms in total. The van der Waals surface area contributed by atoms with Crippen molar-refractivity contribution in [3.8, 4) is 0 Å². The summed E-state index contributed by atoms with van der Waals surface area (Å²) in [5.41, 5.74) is 6.73. The predicted octanol–water partition coefficient (Wildman–Crippen LogP) is 2.45. The van der Waals surface area contributed by atoms with Gasteiger partial charge >= 0.3 is 0 Å². The third kappa shape index (κ3) is 7.50. The van der Waals surface area contributed by atoms with E-state index in [1.54, 1.807) is 0 Å². The monoisotopic (exact) mass is 387 g/mol. The molecular formula is C22H37N5O. The molecular weight excluding hydrogens is 350 g/mol. The van der Waals surface area contributed by atoms with Crippen molar-refractivity contribution < 1.29 is 4.79 Å². The van der Waals surface area contributed by atoms with Gasteiger partial charge in [0, 0.05) is 45.2 Å². The molecule has 1 saturated heterocycles. The molecule has 2 rings (SSSR count). The van der Waals surface area contributed by atoms with Crippen molar-refractivity contribution in [2.45, 2.75) is 52.1 Å². The third-order valence-corrected chi connectivity index (χ3v) is 5.48. The Hall–Kier alpha value is -2.08. The van der Waals surface area contributed by atoms with Gasteiger partial charge in [0.05, 0.1) is 0 Å². The molecule has 0 aliphatic carbocycles. The first-order chi connectivity index (χ1) is 13.5. The summed E-state index contributed by atoms with van der Waals surface area (Å²) >= 11 is 0. The fraction of sp³-hybridized carbons (Fsp3) is 0.636. The summed E-state index contributed by atoms with van der Waals surface area (Å²) in [5.74, 6) is 1.10. The van der Waals surface area contributed by atoms with E-state index in [-0.39, 0.29) is 5.91 Å². The molecule has 0 spiro atoms. The van der Waals surface area contributed by atoms with Crippen LogP contribution in [0.3, 0.4) is 0 Å². The van der Waals surface area contributed by atoms with Crippen LogP contribution in [0, 0.1) is 5.92 Å². The highest BCUT2D eigenvalue weighted by Crippen LogP contribution is 2.19. The zero-order valence-corrected chi connectivity index (χ0v) is 17.7. The van der Waals surface area contributed by atoms with Gasteiger partial charge in [0.25, 0.3) is 0 Å². The van der Waals surface area contributed by atoms with Crippen LogP contribution in [0.1, 0.15) is 45.1 Å². The van der Waals surface area contributed by atoms with Gasteiger partial charge in [-0.2, -0.15) is 0 Å². The molecule has 0 saturated carbocycles. The van der Waals surface area contributed by atoms with E-state index in [0.717, 1.165) is 57.9 Å². The summed E-state index contributed by atoms with van der Waals surface area (Å²) in [4.78, 5) is 20.8. The van der Waals surface area contributed by atoms with Crippen LogP contribution in [-0.4, -0.2) is 60.9 Å². The van der Waals surface area contributed by atoms with Gasteiger partial charge < -0.3 is 16.0 Å². The number of nitrogens with two attached hydrogens (primary N) is 1. The fourth-order valence-electron chi connectivity index (χ4n) is 3.74. The molecule has 1 fully saturated rings. The lowest BCUT2D eigenvalue weighted by atomic mass is 9.95. The van der Waals surface area contributed by atoms with Crippen molar-refractivity contribution in [2.75, 3.05) is 33.2 Å². The highest BCUT2D eigenvalue weighted by molar-refractivity contribution is 5.80. The van der Waals surface area contributed by atoms with E-state index in [9.17, 15) is 4.79 Å². The van der Waals surface area contributed by atoms with Crippen molar-refractivity contribution in [1.82, 2.24) is 15.1 Å². The van der Waals surface area contributed by atoms with Crippen LogP contribution in [-0.2, 0) is 11.3 Å². The van der Waals surface area contributed by atoms with Crippen molar-refractivity contribution in [1.29, 1.82) is 0 Å². The number of nitrogens with zero attached hydrogens (tertiary/aromatic N) is 3. The van der Waals surface area contributed by atoms with Gasteiger partial charge in [-0.25, -0.2) is 0 Å². The number of primary amides is 1. The first kappa shape index (κ1) is 22.2. The van der Waals surface area contributed by atoms with Gasteiger partial charge in [0.1, 0.15) is 0 Å². The van der Waals surface area contributed by atoms with Crippen molar-refractivity contribution >= 4 is 11.9 Å². The Morgan fingerprint density at radius 1 is 1.39 bits per heavy atom. The number of hydrogen-bond acceptors (Lipinski definition) is 3. The summed E-state index contributed by atoms with van der Waals surface area (Å²) < 4.78 is 0. The number of hydrogen-bond donors (Lipinski definition) is 2. The second-order valence-corrected chi connectivity index (χ2v) is 7.90. The average molecular weight is 388 g/mol. The minimum absolute atomic E-state index is 0.205. The number of carbonyl (C=O) groups is 1. The van der Waals surface area contributed by atoms with Gasteiger partial charge in [0.2, 0.25) is 5.91 Å². The predicted molar refractivity (Wildman–Crippen MR) is 116 cm³/mol. The summed E-state index contributed by atoms with van der Waals surface area (Å²) in [6.45, 7) is 8.79. The number of piperidine rings is 1. The second kappa shape index (κ2) is 11.7. The molecule has 1 heterocycles. The summed E-state index contributed by atoms with van der Waals surface area (Å²) in [6.07, 6.45) is 3.63. The number of guanidine groups is 1. The maximum atomic E-state index is 11.3. The molecule has 0 aromatic heterocycles. The first-order valence-electron chi connectivity index (χ1n) is 10.5. The molecule has 156 valence electrons. The fourth-order valence-corrected chi connectivity index (χ4v) is 3.74. The topological polar surface area (TPSA) is 74.0 Å². The Morgan fingerprint density at radius 3 is 2.82 bits per heavy atom. The molecule has 0 radical (unpaired) electrons. The number of benzene rings is 1. The molecule has 1 aromatic rings. The number of carbonyl (C=O) groups excluding carboxylic acids is 1. The lowest BCUT2D eigenvalue weighted by Gasteiger charge is -2.34. The minimum Gasteiger partial charge on any atom is -0.370 e. The van der Waals surface area contributed by atoms with Gasteiger partial charge in [-0.1, -0.05) is 30.3 Å². The third-order valence-electron chi connectivity index (χ3n) is 5.48. The van der Waals surface area contributed by atoms with Crippen LogP contribution in [0.15, 0.2) is 35.3 Å². The Bertz CT molecular complexity index is 619. The lowest BCUT2D eigenvalue weighted by molar-refractivity contribution is -0.119. The van der Waals surface area contributed by atoms with Crippen LogP contribution in [0.5, 0.6) is 0 Å². The van der Waals surface area contributed by atoms with Crippen molar-refractivity contribution in [2.24, 2.45) is 16.6 Å². The SMILES string of the molecule is CCNC(=NCCC(C)N(C)Cc1ccccc1)N1CCCC(CC(N)=O)C1. The van der Waals surface area contributed by atoms with Gasteiger partial charge in [-0.05, 0) is 51.6 Å². The average Bonchev–Trinajstić information content (AvgIpc) is 2.67. The van der Waals surface area contributed by atoms with Crippen molar-refractivity contribution in [3.63, 3.8) is 0 Å². The van der Waals surface area contributed by atoms with E-state index in [2.05, 4.69) is 66.3 Å². The zero-order valence-electron chi connectivity index (χ0n) is 17.7. The molecule has 1 aliphatic heterocycles. The molecule has 2 unspecified atom stereocenters. The maximum absolute atomic E-state index is 11.3. The Morgan fingerprint density at radius 2 is 2.14 bits per heavy atom. The zero-order chi connectivity index (χ0) is 20.4. The van der Waals surface area contributed by atoms with E-state index < -0.39 is 0 Å². The highest BCUT2D eigenvalue weighted by atomic mass is 16.1. The van der Waals surface area contributed by atoms with Crippen LogP contribution < -0.4 is 11.1 Å². The van der Waals surface area contributed by atoms with Gasteiger partial charge in [0.15, 0.2) is 5.96 Å². The molecule has 1 aliphatic rings. The molecule has 3 N–H and O–H groups in total. The molecule has 6 heteroatoms. The molecule has 0 bridgehead atoms. The van der Waals surface area contributed by atoms with E-state index in [0.29, 0.717) is 18.4 Å².